The first-order valence-corrected chi connectivity index (χ1v) is 7.24. The van der Waals surface area contributed by atoms with Crippen molar-refractivity contribution in [2.45, 2.75) is 72.3 Å². The van der Waals surface area contributed by atoms with Crippen molar-refractivity contribution < 1.29 is 4.74 Å². The predicted molar refractivity (Wildman–Crippen MR) is 76.5 cm³/mol. The van der Waals surface area contributed by atoms with Gasteiger partial charge in [0.25, 0.3) is 0 Å². The molecule has 0 rings (SSSR count). The Morgan fingerprint density at radius 2 is 1.71 bits per heavy atom. The number of rotatable bonds is 10. The van der Waals surface area contributed by atoms with Crippen LogP contribution in [0.25, 0.3) is 0 Å². The minimum absolute atomic E-state index is 0.377. The highest BCUT2D eigenvalue weighted by Crippen LogP contribution is 2.23. The van der Waals surface area contributed by atoms with Crippen LogP contribution < -0.4 is 5.32 Å². The second kappa shape index (κ2) is 9.90. The van der Waals surface area contributed by atoms with Gasteiger partial charge in [-0.1, -0.05) is 47.0 Å². The Hall–Kier alpha value is -0.0800. The summed E-state index contributed by atoms with van der Waals surface area (Å²) in [6.45, 7) is 11.3. The second-order valence-electron chi connectivity index (χ2n) is 6.07. The first-order valence-electron chi connectivity index (χ1n) is 7.24. The van der Waals surface area contributed by atoms with Crippen LogP contribution >= 0.6 is 0 Å². The summed E-state index contributed by atoms with van der Waals surface area (Å²) in [5.41, 5.74) is 0.377. The standard InChI is InChI=1S/C15H33NO/c1-6-12-16-14(15(2,3)4)11-9-7-8-10-13-17-5/h14,16H,6-13H2,1-5H3. The summed E-state index contributed by atoms with van der Waals surface area (Å²) >= 11 is 0. The molecule has 0 aliphatic rings. The molecule has 0 saturated carbocycles. The van der Waals surface area contributed by atoms with Crippen molar-refractivity contribution in [2.24, 2.45) is 5.41 Å². The van der Waals surface area contributed by atoms with Gasteiger partial charge in [-0.25, -0.2) is 0 Å². The highest BCUT2D eigenvalue weighted by molar-refractivity contribution is 4.80. The van der Waals surface area contributed by atoms with Gasteiger partial charge in [0.15, 0.2) is 0 Å². The van der Waals surface area contributed by atoms with Crippen LogP contribution in [0, 0.1) is 5.41 Å². The van der Waals surface area contributed by atoms with E-state index in [1.165, 1.54) is 38.5 Å². The summed E-state index contributed by atoms with van der Waals surface area (Å²) in [6.07, 6.45) is 7.71. The zero-order valence-corrected chi connectivity index (χ0v) is 12.6. The third-order valence-electron chi connectivity index (χ3n) is 3.28. The summed E-state index contributed by atoms with van der Waals surface area (Å²) in [4.78, 5) is 0. The molecule has 2 nitrogen and oxygen atoms in total. The van der Waals surface area contributed by atoms with E-state index in [2.05, 4.69) is 33.0 Å². The Bertz CT molecular complexity index is 163. The molecule has 0 aromatic rings. The van der Waals surface area contributed by atoms with Crippen molar-refractivity contribution >= 4 is 0 Å². The Morgan fingerprint density at radius 1 is 1.06 bits per heavy atom. The van der Waals surface area contributed by atoms with Gasteiger partial charge < -0.3 is 10.1 Å². The fourth-order valence-electron chi connectivity index (χ4n) is 2.11. The van der Waals surface area contributed by atoms with Crippen LogP contribution in [0.15, 0.2) is 0 Å². The van der Waals surface area contributed by atoms with Gasteiger partial charge in [-0.3, -0.25) is 0 Å². The Balaban J connectivity index is 3.69. The molecule has 0 aromatic heterocycles. The number of nitrogens with one attached hydrogen (secondary N) is 1. The number of ether oxygens (including phenoxy) is 1. The Kier molecular flexibility index (Phi) is 9.85. The predicted octanol–water partition coefficient (Wildman–Crippen LogP) is 4.00. The minimum atomic E-state index is 0.377. The summed E-state index contributed by atoms with van der Waals surface area (Å²) in [6, 6.07) is 0.657. The third kappa shape index (κ3) is 9.61. The molecule has 0 fully saturated rings. The number of hydrogen-bond acceptors (Lipinski definition) is 2. The summed E-state index contributed by atoms with van der Waals surface area (Å²) in [7, 11) is 1.78. The summed E-state index contributed by atoms with van der Waals surface area (Å²) in [5.74, 6) is 0. The van der Waals surface area contributed by atoms with Crippen molar-refractivity contribution in [1.82, 2.24) is 5.32 Å². The maximum absolute atomic E-state index is 5.06. The van der Waals surface area contributed by atoms with Gasteiger partial charge in [0.1, 0.15) is 0 Å². The molecule has 1 atom stereocenters. The van der Waals surface area contributed by atoms with Crippen molar-refractivity contribution in [3.63, 3.8) is 0 Å². The molecule has 17 heavy (non-hydrogen) atoms. The largest absolute Gasteiger partial charge is 0.385 e. The van der Waals surface area contributed by atoms with Crippen LogP contribution in [0.4, 0.5) is 0 Å². The lowest BCUT2D eigenvalue weighted by Gasteiger charge is -2.32. The first kappa shape index (κ1) is 16.9. The molecule has 0 heterocycles. The van der Waals surface area contributed by atoms with Crippen molar-refractivity contribution in [1.29, 1.82) is 0 Å². The molecule has 1 unspecified atom stereocenters. The van der Waals surface area contributed by atoms with E-state index in [0.29, 0.717) is 11.5 Å². The lowest BCUT2D eigenvalue weighted by atomic mass is 9.83. The molecule has 0 spiro atoms. The van der Waals surface area contributed by atoms with Crippen LogP contribution in [-0.2, 0) is 4.74 Å². The van der Waals surface area contributed by atoms with Crippen LogP contribution in [0.1, 0.15) is 66.2 Å². The van der Waals surface area contributed by atoms with Crippen LogP contribution in [0.5, 0.6) is 0 Å². The third-order valence-corrected chi connectivity index (χ3v) is 3.28. The Morgan fingerprint density at radius 3 is 2.24 bits per heavy atom. The second-order valence-corrected chi connectivity index (χ2v) is 6.07. The fraction of sp³-hybridized carbons (Fsp3) is 1.00. The van der Waals surface area contributed by atoms with Gasteiger partial charge in [0.2, 0.25) is 0 Å². The van der Waals surface area contributed by atoms with E-state index in [4.69, 9.17) is 4.74 Å². The van der Waals surface area contributed by atoms with Gasteiger partial charge in [-0.2, -0.15) is 0 Å². The van der Waals surface area contributed by atoms with Crippen LogP contribution in [0.3, 0.4) is 0 Å². The van der Waals surface area contributed by atoms with E-state index in [9.17, 15) is 0 Å². The highest BCUT2D eigenvalue weighted by atomic mass is 16.5. The molecule has 104 valence electrons. The van der Waals surface area contributed by atoms with Crippen LogP contribution in [-0.4, -0.2) is 26.3 Å². The van der Waals surface area contributed by atoms with Gasteiger partial charge in [0, 0.05) is 19.8 Å². The van der Waals surface area contributed by atoms with Crippen molar-refractivity contribution in [3.05, 3.63) is 0 Å². The molecule has 0 saturated heterocycles. The maximum Gasteiger partial charge on any atom is 0.0462 e. The first-order chi connectivity index (χ1) is 8.02. The highest BCUT2D eigenvalue weighted by Gasteiger charge is 2.22. The average Bonchev–Trinajstić information content (AvgIpc) is 2.25. The molecule has 1 N–H and O–H groups in total. The van der Waals surface area contributed by atoms with E-state index >= 15 is 0 Å². The molecule has 0 radical (unpaired) electrons. The topological polar surface area (TPSA) is 21.3 Å². The normalized spacial score (nSPS) is 13.9. The molecule has 0 aromatic carbocycles. The maximum atomic E-state index is 5.06. The monoisotopic (exact) mass is 243 g/mol. The average molecular weight is 243 g/mol. The van der Waals surface area contributed by atoms with Gasteiger partial charge >= 0.3 is 0 Å². The minimum Gasteiger partial charge on any atom is -0.385 e. The SMILES string of the molecule is CCCNC(CCCCCCOC)C(C)(C)C. The molecular weight excluding hydrogens is 210 g/mol. The van der Waals surface area contributed by atoms with E-state index in [0.717, 1.165) is 13.2 Å². The van der Waals surface area contributed by atoms with Crippen molar-refractivity contribution in [2.75, 3.05) is 20.3 Å². The number of unbranched alkanes of at least 4 members (excludes halogenated alkanes) is 3. The van der Waals surface area contributed by atoms with Crippen molar-refractivity contribution in [3.8, 4) is 0 Å². The smallest absolute Gasteiger partial charge is 0.0462 e. The van der Waals surface area contributed by atoms with E-state index < -0.39 is 0 Å². The lowest BCUT2D eigenvalue weighted by molar-refractivity contribution is 0.191. The number of hydrogen-bond donors (Lipinski definition) is 1. The molecular formula is C15H33NO. The molecule has 2 heteroatoms. The van der Waals surface area contributed by atoms with Gasteiger partial charge in [0.05, 0.1) is 0 Å². The lowest BCUT2D eigenvalue weighted by Crippen LogP contribution is -2.40. The molecule has 0 aliphatic carbocycles. The molecule has 0 amide bonds. The Labute approximate surface area is 109 Å². The van der Waals surface area contributed by atoms with E-state index in [-0.39, 0.29) is 0 Å². The summed E-state index contributed by atoms with van der Waals surface area (Å²) < 4.78 is 5.06. The fourth-order valence-corrected chi connectivity index (χ4v) is 2.11. The zero-order chi connectivity index (χ0) is 13.1. The van der Waals surface area contributed by atoms with E-state index in [1.54, 1.807) is 7.11 Å². The van der Waals surface area contributed by atoms with Gasteiger partial charge in [-0.05, 0) is 31.2 Å². The molecule has 0 aliphatic heterocycles. The number of methoxy groups -OCH3 is 1. The molecule has 0 bridgehead atoms. The summed E-state index contributed by atoms with van der Waals surface area (Å²) in [5, 5.41) is 3.69. The quantitative estimate of drug-likeness (QED) is 0.586. The van der Waals surface area contributed by atoms with Gasteiger partial charge in [-0.15, -0.1) is 0 Å². The van der Waals surface area contributed by atoms with Crippen LogP contribution in [0.2, 0.25) is 0 Å². The zero-order valence-electron chi connectivity index (χ0n) is 12.6. The van der Waals surface area contributed by atoms with E-state index in [1.807, 2.05) is 0 Å².